The molecule has 1 aromatic carbocycles. The minimum atomic E-state index is -3.63. The van der Waals surface area contributed by atoms with Crippen molar-refractivity contribution >= 4 is 27.7 Å². The fourth-order valence-corrected chi connectivity index (χ4v) is 2.62. The van der Waals surface area contributed by atoms with Gasteiger partial charge in [0.15, 0.2) is 15.9 Å². The van der Waals surface area contributed by atoms with E-state index in [9.17, 15) is 22.8 Å². The van der Waals surface area contributed by atoms with Crippen LogP contribution in [-0.4, -0.2) is 44.7 Å². The van der Waals surface area contributed by atoms with Gasteiger partial charge in [-0.3, -0.25) is 10.1 Å². The highest BCUT2D eigenvalue weighted by Gasteiger charge is 2.24. The van der Waals surface area contributed by atoms with Gasteiger partial charge in [0.05, 0.1) is 10.5 Å². The molecule has 0 aromatic heterocycles. The topological polar surface area (TPSA) is 119 Å². The minimum Gasteiger partial charge on any atom is -0.449 e. The molecule has 1 aromatic rings. The molecule has 0 saturated carbocycles. The summed E-state index contributed by atoms with van der Waals surface area (Å²) in [7, 11) is -3.63. The number of benzene rings is 1. The van der Waals surface area contributed by atoms with Crippen molar-refractivity contribution in [3.8, 4) is 0 Å². The molecule has 0 aliphatic carbocycles. The maximum absolute atomic E-state index is 12.1. The average Bonchev–Trinajstić information content (AvgIpc) is 2.45. The van der Waals surface area contributed by atoms with E-state index in [0.29, 0.717) is 0 Å². The van der Waals surface area contributed by atoms with Crippen LogP contribution >= 0.6 is 0 Å². The van der Waals surface area contributed by atoms with Crippen molar-refractivity contribution in [3.63, 3.8) is 0 Å². The highest BCUT2D eigenvalue weighted by Crippen LogP contribution is 2.17. The molecule has 9 heteroatoms. The standard InChI is InChI=1S/C15H20N2O6S/c1-9(2)16-15(20)17-13(18)10(3)23-14(19)11-7-5-6-8-12(11)24(4,21)22/h5-10H,1-4H3,(H2,16,17,18,20)/t10-/m1/s1. The van der Waals surface area contributed by atoms with Crippen molar-refractivity contribution in [2.24, 2.45) is 0 Å². The lowest BCUT2D eigenvalue weighted by Gasteiger charge is -2.15. The number of carbonyl (C=O) groups is 3. The van der Waals surface area contributed by atoms with Crippen molar-refractivity contribution in [2.45, 2.75) is 37.8 Å². The first-order valence-corrected chi connectivity index (χ1v) is 9.03. The maximum atomic E-state index is 12.1. The Morgan fingerprint density at radius 2 is 1.67 bits per heavy atom. The molecule has 0 heterocycles. The van der Waals surface area contributed by atoms with Crippen LogP contribution in [0.1, 0.15) is 31.1 Å². The van der Waals surface area contributed by atoms with E-state index in [4.69, 9.17) is 4.74 Å². The lowest BCUT2D eigenvalue weighted by molar-refractivity contribution is -0.127. The third-order valence-electron chi connectivity index (χ3n) is 2.82. The van der Waals surface area contributed by atoms with E-state index in [1.807, 2.05) is 5.32 Å². The fourth-order valence-electron chi connectivity index (χ4n) is 1.75. The number of imide groups is 1. The molecule has 1 atom stereocenters. The summed E-state index contributed by atoms with van der Waals surface area (Å²) in [4.78, 5) is 35.2. The van der Waals surface area contributed by atoms with Gasteiger partial charge in [0, 0.05) is 12.3 Å². The van der Waals surface area contributed by atoms with Crippen LogP contribution < -0.4 is 10.6 Å². The highest BCUT2D eigenvalue weighted by atomic mass is 32.2. The second-order valence-electron chi connectivity index (χ2n) is 5.43. The van der Waals surface area contributed by atoms with Crippen LogP contribution in [0.15, 0.2) is 29.2 Å². The number of sulfone groups is 1. The van der Waals surface area contributed by atoms with Crippen molar-refractivity contribution in [3.05, 3.63) is 29.8 Å². The van der Waals surface area contributed by atoms with Crippen molar-refractivity contribution in [1.82, 2.24) is 10.6 Å². The summed E-state index contributed by atoms with van der Waals surface area (Å²) in [6.45, 7) is 4.71. The van der Waals surface area contributed by atoms with Crippen LogP contribution in [0.4, 0.5) is 4.79 Å². The molecule has 0 spiro atoms. The van der Waals surface area contributed by atoms with E-state index in [0.717, 1.165) is 6.26 Å². The van der Waals surface area contributed by atoms with Gasteiger partial charge < -0.3 is 10.1 Å². The third kappa shape index (κ3) is 5.65. The van der Waals surface area contributed by atoms with Crippen LogP contribution in [0.5, 0.6) is 0 Å². The largest absolute Gasteiger partial charge is 0.449 e. The number of hydrogen-bond donors (Lipinski definition) is 2. The zero-order chi connectivity index (χ0) is 18.5. The molecule has 0 radical (unpaired) electrons. The van der Waals surface area contributed by atoms with Gasteiger partial charge in [0.2, 0.25) is 0 Å². The van der Waals surface area contributed by atoms with Crippen LogP contribution in [0, 0.1) is 0 Å². The van der Waals surface area contributed by atoms with E-state index in [1.165, 1.54) is 31.2 Å². The number of hydrogen-bond acceptors (Lipinski definition) is 6. The van der Waals surface area contributed by atoms with Gasteiger partial charge in [0.1, 0.15) is 0 Å². The maximum Gasteiger partial charge on any atom is 0.340 e. The van der Waals surface area contributed by atoms with E-state index in [2.05, 4.69) is 5.32 Å². The molecule has 0 fully saturated rings. The van der Waals surface area contributed by atoms with E-state index < -0.39 is 33.8 Å². The predicted molar refractivity (Wildman–Crippen MR) is 86.2 cm³/mol. The molecule has 132 valence electrons. The quantitative estimate of drug-likeness (QED) is 0.756. The summed E-state index contributed by atoms with van der Waals surface area (Å²) in [6.07, 6.45) is -0.311. The number of rotatable bonds is 5. The molecule has 0 aliphatic heterocycles. The third-order valence-corrected chi connectivity index (χ3v) is 3.97. The Hall–Kier alpha value is -2.42. The van der Waals surface area contributed by atoms with Gasteiger partial charge in [0.25, 0.3) is 5.91 Å². The van der Waals surface area contributed by atoms with Crippen LogP contribution in [0.25, 0.3) is 0 Å². The SMILES string of the molecule is CC(C)NC(=O)NC(=O)[C@@H](C)OC(=O)c1ccccc1S(C)(=O)=O. The summed E-state index contributed by atoms with van der Waals surface area (Å²) < 4.78 is 28.3. The Kier molecular flexibility index (Phi) is 6.47. The van der Waals surface area contributed by atoms with Gasteiger partial charge in [-0.05, 0) is 32.9 Å². The molecular weight excluding hydrogens is 336 g/mol. The number of carbonyl (C=O) groups excluding carboxylic acids is 3. The molecule has 1 rings (SSSR count). The lowest BCUT2D eigenvalue weighted by Crippen LogP contribution is -2.46. The first kappa shape index (κ1) is 19.6. The number of urea groups is 1. The molecule has 0 saturated heterocycles. The molecule has 0 bridgehead atoms. The zero-order valence-corrected chi connectivity index (χ0v) is 14.6. The van der Waals surface area contributed by atoms with Gasteiger partial charge in [-0.25, -0.2) is 18.0 Å². The fraction of sp³-hybridized carbons (Fsp3) is 0.400. The monoisotopic (exact) mass is 356 g/mol. The second kappa shape index (κ2) is 7.91. The molecule has 0 unspecified atom stereocenters. The smallest absolute Gasteiger partial charge is 0.340 e. The minimum absolute atomic E-state index is 0.169. The van der Waals surface area contributed by atoms with Crippen LogP contribution in [-0.2, 0) is 19.4 Å². The molecule has 3 amide bonds. The van der Waals surface area contributed by atoms with Crippen molar-refractivity contribution < 1.29 is 27.5 Å². The van der Waals surface area contributed by atoms with Crippen LogP contribution in [0.3, 0.4) is 0 Å². The van der Waals surface area contributed by atoms with Crippen molar-refractivity contribution in [2.75, 3.05) is 6.26 Å². The Labute approximate surface area is 140 Å². The molecule has 8 nitrogen and oxygen atoms in total. The zero-order valence-electron chi connectivity index (χ0n) is 13.8. The van der Waals surface area contributed by atoms with Gasteiger partial charge in [-0.15, -0.1) is 0 Å². The van der Waals surface area contributed by atoms with Gasteiger partial charge >= 0.3 is 12.0 Å². The predicted octanol–water partition coefficient (Wildman–Crippen LogP) is 0.870. The van der Waals surface area contributed by atoms with E-state index in [-0.39, 0.29) is 16.5 Å². The Balaban J connectivity index is 2.82. The normalized spacial score (nSPS) is 12.4. The lowest BCUT2D eigenvalue weighted by atomic mass is 10.2. The summed E-state index contributed by atoms with van der Waals surface area (Å²) in [5, 5.41) is 4.48. The Bertz CT molecular complexity index is 742. The van der Waals surface area contributed by atoms with Crippen LogP contribution in [0.2, 0.25) is 0 Å². The number of esters is 1. The van der Waals surface area contributed by atoms with E-state index in [1.54, 1.807) is 13.8 Å². The summed E-state index contributed by atoms with van der Waals surface area (Å²) in [6, 6.07) is 4.62. The second-order valence-corrected chi connectivity index (χ2v) is 7.42. The number of amides is 3. The number of nitrogens with one attached hydrogen (secondary N) is 2. The summed E-state index contributed by atoms with van der Waals surface area (Å²) >= 11 is 0. The molecule has 2 N–H and O–H groups in total. The summed E-state index contributed by atoms with van der Waals surface area (Å²) in [5.74, 6) is -1.79. The van der Waals surface area contributed by atoms with Gasteiger partial charge in [-0.2, -0.15) is 0 Å². The Morgan fingerprint density at radius 3 is 2.21 bits per heavy atom. The Morgan fingerprint density at radius 1 is 1.08 bits per heavy atom. The summed E-state index contributed by atoms with van der Waals surface area (Å²) in [5.41, 5.74) is -0.175. The van der Waals surface area contributed by atoms with Gasteiger partial charge in [-0.1, -0.05) is 12.1 Å². The highest BCUT2D eigenvalue weighted by molar-refractivity contribution is 7.90. The molecular formula is C15H20N2O6S. The molecule has 24 heavy (non-hydrogen) atoms. The molecule has 0 aliphatic rings. The van der Waals surface area contributed by atoms with Crippen molar-refractivity contribution in [1.29, 1.82) is 0 Å². The number of ether oxygens (including phenoxy) is 1. The van der Waals surface area contributed by atoms with E-state index >= 15 is 0 Å². The average molecular weight is 356 g/mol. The first-order chi connectivity index (χ1) is 11.0. The first-order valence-electron chi connectivity index (χ1n) is 7.13.